The van der Waals surface area contributed by atoms with Crippen LogP contribution in [-0.4, -0.2) is 77.5 Å². The first-order valence-electron chi connectivity index (χ1n) is 20.9. The van der Waals surface area contributed by atoms with Gasteiger partial charge in [-0.3, -0.25) is 23.9 Å². The monoisotopic (exact) mass is 805 g/mol. The van der Waals surface area contributed by atoms with E-state index in [-0.39, 0.29) is 55.3 Å². The molecule has 1 N–H and O–H groups in total. The van der Waals surface area contributed by atoms with Crippen LogP contribution in [0.25, 0.3) is 10.8 Å². The van der Waals surface area contributed by atoms with Crippen molar-refractivity contribution in [3.63, 3.8) is 0 Å². The van der Waals surface area contributed by atoms with Crippen LogP contribution in [0.3, 0.4) is 0 Å². The van der Waals surface area contributed by atoms with Gasteiger partial charge in [0.1, 0.15) is 11.7 Å². The third-order valence-electron chi connectivity index (χ3n) is 13.0. The van der Waals surface area contributed by atoms with Gasteiger partial charge in [0.15, 0.2) is 5.78 Å². The van der Waals surface area contributed by atoms with Crippen molar-refractivity contribution in [1.82, 2.24) is 14.6 Å². The van der Waals surface area contributed by atoms with Gasteiger partial charge in [0.25, 0.3) is 0 Å². The number of allylic oxidation sites excluding steroid dienone is 2. The van der Waals surface area contributed by atoms with E-state index in [1.807, 2.05) is 43.3 Å². The maximum atomic E-state index is 15.1. The summed E-state index contributed by atoms with van der Waals surface area (Å²) in [5.41, 5.74) is -0.991. The molecule has 12 nitrogen and oxygen atoms in total. The number of ether oxygens (including phenoxy) is 3. The van der Waals surface area contributed by atoms with E-state index in [4.69, 9.17) is 19.2 Å². The second-order valence-electron chi connectivity index (χ2n) is 18.6. The first-order chi connectivity index (χ1) is 26.9. The summed E-state index contributed by atoms with van der Waals surface area (Å²) in [6.07, 6.45) is 8.99. The van der Waals surface area contributed by atoms with Gasteiger partial charge in [0.05, 0.1) is 41.7 Å². The van der Waals surface area contributed by atoms with Gasteiger partial charge in [-0.05, 0) is 108 Å². The highest BCUT2D eigenvalue weighted by molar-refractivity contribution is 7.91. The van der Waals surface area contributed by atoms with E-state index in [1.165, 1.54) is 0 Å². The molecule has 5 aliphatic rings. The van der Waals surface area contributed by atoms with Crippen LogP contribution in [-0.2, 0) is 40.4 Å². The van der Waals surface area contributed by atoms with Gasteiger partial charge in [-0.25, -0.2) is 8.42 Å². The zero-order chi connectivity index (χ0) is 40.9. The van der Waals surface area contributed by atoms with Gasteiger partial charge in [-0.2, -0.15) is 4.98 Å². The van der Waals surface area contributed by atoms with Crippen molar-refractivity contribution >= 4 is 44.4 Å². The number of nitrogens with one attached hydrogen (secondary N) is 1. The Morgan fingerprint density at radius 1 is 1.11 bits per heavy atom. The number of hydrogen-bond donors (Lipinski definition) is 1. The van der Waals surface area contributed by atoms with Gasteiger partial charge >= 0.3 is 5.97 Å². The van der Waals surface area contributed by atoms with E-state index in [1.54, 1.807) is 32.6 Å². The summed E-state index contributed by atoms with van der Waals surface area (Å²) in [5, 5.41) is 1.78. The summed E-state index contributed by atoms with van der Waals surface area (Å²) in [7, 11) is -3.95. The quantitative estimate of drug-likeness (QED) is 0.227. The number of fused-ring (bicyclic) bond motifs is 5. The van der Waals surface area contributed by atoms with Crippen molar-refractivity contribution in [1.29, 1.82) is 0 Å². The number of Topliss-reactive ketones (excluding diaryl/α,β-unsaturated/α-hetero) is 1. The number of rotatable bonds is 8. The lowest BCUT2D eigenvalue weighted by Gasteiger charge is -2.33. The normalized spacial score (nSPS) is 30.7. The number of carbonyl (C=O) groups excluding carboxylic acids is 4. The number of amides is 2. The molecule has 0 unspecified atom stereocenters. The molecule has 2 aromatic rings. The molecule has 3 fully saturated rings. The molecule has 1 aromatic carbocycles. The molecule has 3 aliphatic heterocycles. The van der Waals surface area contributed by atoms with Crippen LogP contribution in [0, 0.1) is 29.1 Å². The molecular formula is C44H59N3O9S. The zero-order valence-electron chi connectivity index (χ0n) is 34.3. The number of sulfonamides is 1. The molecule has 57 heavy (non-hydrogen) atoms. The van der Waals surface area contributed by atoms with Crippen LogP contribution >= 0.6 is 0 Å². The fourth-order valence-electron chi connectivity index (χ4n) is 9.20. The first-order valence-corrected chi connectivity index (χ1v) is 22.4. The third kappa shape index (κ3) is 8.59. The molecule has 0 spiro atoms. The van der Waals surface area contributed by atoms with Crippen molar-refractivity contribution in [3.8, 4) is 11.8 Å². The van der Waals surface area contributed by atoms with Gasteiger partial charge in [0.2, 0.25) is 33.6 Å². The number of esters is 1. The fraction of sp³-hybridized carbons (Fsp3) is 0.659. The Hall–Kier alpha value is -4.00. The minimum absolute atomic E-state index is 0.0647. The van der Waals surface area contributed by atoms with Crippen molar-refractivity contribution in [2.45, 2.75) is 141 Å². The van der Waals surface area contributed by atoms with Crippen molar-refractivity contribution in [2.24, 2.45) is 29.1 Å². The van der Waals surface area contributed by atoms with Crippen molar-refractivity contribution < 1.29 is 41.8 Å². The topological polar surface area (TPSA) is 158 Å². The van der Waals surface area contributed by atoms with Crippen LogP contribution < -0.4 is 14.2 Å². The number of nitrogens with zero attached hydrogens (tertiary/aromatic N) is 2. The fourth-order valence-corrected chi connectivity index (χ4v) is 10.5. The number of ketones is 1. The second kappa shape index (κ2) is 15.6. The Labute approximate surface area is 336 Å². The Balaban J connectivity index is 1.25. The molecule has 2 amide bonds. The lowest BCUT2D eigenvalue weighted by molar-refractivity contribution is -0.160. The molecule has 1 saturated heterocycles. The van der Waals surface area contributed by atoms with Crippen molar-refractivity contribution in [3.05, 3.63) is 42.0 Å². The summed E-state index contributed by atoms with van der Waals surface area (Å²) in [6, 6.07) is 6.87. The van der Waals surface area contributed by atoms with E-state index in [9.17, 15) is 22.8 Å². The van der Waals surface area contributed by atoms with E-state index in [2.05, 4.69) is 11.6 Å². The SMILES string of the molecule is CC[C@@H]1C[C@H](C)CC/C=C\[C@@H]2C[C@@]2(C(=O)NS(=O)(=O)C2(C)CC2)CC(=O)[C@@H]2C[C@@H](Oc3nc4c(c5ccccc35)CCCO4)CN2C(=O)[C@H]1CC(=O)OC(C)(C)C. The van der Waals surface area contributed by atoms with E-state index in [0.717, 1.165) is 42.0 Å². The van der Waals surface area contributed by atoms with Gasteiger partial charge < -0.3 is 19.1 Å². The molecule has 310 valence electrons. The average molecular weight is 806 g/mol. The summed E-state index contributed by atoms with van der Waals surface area (Å²) in [4.78, 5) is 63.8. The zero-order valence-corrected chi connectivity index (χ0v) is 35.1. The van der Waals surface area contributed by atoms with Crippen molar-refractivity contribution in [2.75, 3.05) is 13.2 Å². The lowest BCUT2D eigenvalue weighted by Crippen LogP contribution is -2.48. The highest BCUT2D eigenvalue weighted by Gasteiger charge is 2.62. The summed E-state index contributed by atoms with van der Waals surface area (Å²) in [6.45, 7) is 11.8. The number of carbonyl (C=O) groups is 4. The molecule has 0 radical (unpaired) electrons. The van der Waals surface area contributed by atoms with Crippen LogP contribution in [0.1, 0.15) is 118 Å². The summed E-state index contributed by atoms with van der Waals surface area (Å²) in [5.74, 6) is -1.96. The molecule has 4 heterocycles. The molecular weight excluding hydrogens is 747 g/mol. The highest BCUT2D eigenvalue weighted by atomic mass is 32.2. The van der Waals surface area contributed by atoms with E-state index in [0.29, 0.717) is 50.5 Å². The van der Waals surface area contributed by atoms with E-state index >= 15 is 4.79 Å². The summed E-state index contributed by atoms with van der Waals surface area (Å²) < 4.78 is 46.3. The standard InChI is InChI=1S/C44H59N3O9S/c1-7-28-21-27(2)13-8-9-14-29-24-44(29,41(51)46-57(52,53)43(6)18-19-43)25-36(48)35-22-30(26-47(35)40(50)34(28)23-37(49)56-42(3,4)5)55-39-33-16-11-10-15-31(33)32-17-12-20-54-38(32)45-39/h9-11,14-16,27-30,34-35H,7-8,12-13,17-26H2,1-6H3,(H,46,51)/b14-9-/t27-,28-,29-,30-,34+,35+,44-/m1/s1. The largest absolute Gasteiger partial charge is 0.477 e. The van der Waals surface area contributed by atoms with Gasteiger partial charge in [-0.15, -0.1) is 0 Å². The number of benzene rings is 1. The van der Waals surface area contributed by atoms with Crippen LogP contribution in [0.5, 0.6) is 11.8 Å². The molecule has 0 bridgehead atoms. The Morgan fingerprint density at radius 3 is 2.54 bits per heavy atom. The Bertz CT molecular complexity index is 2050. The van der Waals surface area contributed by atoms with Crippen LogP contribution in [0.2, 0.25) is 0 Å². The molecule has 7 rings (SSSR count). The maximum absolute atomic E-state index is 15.1. The molecule has 13 heteroatoms. The van der Waals surface area contributed by atoms with Gasteiger partial charge in [0, 0.05) is 23.8 Å². The summed E-state index contributed by atoms with van der Waals surface area (Å²) >= 11 is 0. The minimum Gasteiger partial charge on any atom is -0.477 e. The Morgan fingerprint density at radius 2 is 1.84 bits per heavy atom. The van der Waals surface area contributed by atoms with E-state index < -0.39 is 55.7 Å². The predicted octanol–water partition coefficient (Wildman–Crippen LogP) is 6.62. The number of hydrogen-bond acceptors (Lipinski definition) is 10. The smallest absolute Gasteiger partial charge is 0.307 e. The number of aryl methyl sites for hydroxylation is 1. The predicted molar refractivity (Wildman–Crippen MR) is 215 cm³/mol. The first kappa shape index (κ1) is 41.2. The molecule has 7 atom stereocenters. The highest BCUT2D eigenvalue weighted by Crippen LogP contribution is 2.58. The number of pyridine rings is 1. The molecule has 1 aromatic heterocycles. The maximum Gasteiger partial charge on any atom is 0.307 e. The van der Waals surface area contributed by atoms with Crippen LogP contribution in [0.4, 0.5) is 0 Å². The minimum atomic E-state index is -3.95. The second-order valence-corrected chi connectivity index (χ2v) is 20.8. The van der Waals surface area contributed by atoms with Crippen LogP contribution in [0.15, 0.2) is 36.4 Å². The number of aromatic nitrogens is 1. The lowest BCUT2D eigenvalue weighted by atomic mass is 9.79. The third-order valence-corrected chi connectivity index (χ3v) is 15.1. The Kier molecular flexibility index (Phi) is 11.3. The molecule has 2 aliphatic carbocycles. The molecule has 2 saturated carbocycles. The van der Waals surface area contributed by atoms with Gasteiger partial charge in [-0.1, -0.05) is 50.6 Å². The average Bonchev–Trinajstić information content (AvgIpc) is 4.04.